The standard InChI is InChI=1S/C39H35NO3/c1-23-11-13-25(14-12-23)39(26-15-17-27(41-6)18-16-26)20-19-29-36-35(28-9-7-8-10-32(28)38(36,3)4)30-21-33-34(42-24(2)40(33)5)22-31(30)37(29)43-39/h7-22,24H,1-6H3. The van der Waals surface area contributed by atoms with E-state index < -0.39 is 5.60 Å². The Morgan fingerprint density at radius 3 is 2.28 bits per heavy atom. The molecule has 0 aromatic heterocycles. The quantitative estimate of drug-likeness (QED) is 0.218. The van der Waals surface area contributed by atoms with Gasteiger partial charge in [0.25, 0.3) is 0 Å². The molecule has 43 heavy (non-hydrogen) atoms. The van der Waals surface area contributed by atoms with Crippen molar-refractivity contribution < 1.29 is 14.2 Å². The third-order valence-corrected chi connectivity index (χ3v) is 9.84. The van der Waals surface area contributed by atoms with Crippen LogP contribution in [-0.2, 0) is 11.0 Å². The summed E-state index contributed by atoms with van der Waals surface area (Å²) >= 11 is 0. The first-order valence-corrected chi connectivity index (χ1v) is 15.0. The van der Waals surface area contributed by atoms with Gasteiger partial charge in [0.2, 0.25) is 0 Å². The molecule has 8 rings (SSSR count). The summed E-state index contributed by atoms with van der Waals surface area (Å²) in [6.45, 7) is 8.89. The minimum absolute atomic E-state index is 0.0359. The molecule has 0 bridgehead atoms. The minimum atomic E-state index is -0.826. The van der Waals surface area contributed by atoms with Crippen LogP contribution in [0.25, 0.3) is 28.0 Å². The smallest absolute Gasteiger partial charge is 0.178 e. The fourth-order valence-corrected chi connectivity index (χ4v) is 7.41. The topological polar surface area (TPSA) is 30.9 Å². The molecule has 1 aliphatic carbocycles. The number of methoxy groups -OCH3 is 1. The fourth-order valence-electron chi connectivity index (χ4n) is 7.41. The van der Waals surface area contributed by atoms with Gasteiger partial charge in [0.15, 0.2) is 11.8 Å². The molecule has 2 unspecified atom stereocenters. The van der Waals surface area contributed by atoms with E-state index in [9.17, 15) is 0 Å². The highest BCUT2D eigenvalue weighted by molar-refractivity contribution is 6.10. The van der Waals surface area contributed by atoms with E-state index >= 15 is 0 Å². The fraction of sp³-hybridized carbons (Fsp3) is 0.231. The highest BCUT2D eigenvalue weighted by Crippen LogP contribution is 2.59. The maximum Gasteiger partial charge on any atom is 0.178 e. The number of nitrogens with zero attached hydrogens (tertiary/aromatic N) is 1. The van der Waals surface area contributed by atoms with E-state index in [1.54, 1.807) is 7.11 Å². The first-order chi connectivity index (χ1) is 20.7. The molecule has 3 aliphatic rings. The van der Waals surface area contributed by atoms with Crippen molar-refractivity contribution in [2.45, 2.75) is 44.9 Å². The lowest BCUT2D eigenvalue weighted by atomic mass is 9.76. The zero-order valence-electron chi connectivity index (χ0n) is 25.5. The lowest BCUT2D eigenvalue weighted by Crippen LogP contribution is -2.35. The van der Waals surface area contributed by atoms with Gasteiger partial charge in [-0.25, -0.2) is 0 Å². The second-order valence-corrected chi connectivity index (χ2v) is 12.6. The molecule has 214 valence electrons. The van der Waals surface area contributed by atoms with Crippen LogP contribution >= 0.6 is 0 Å². The first kappa shape index (κ1) is 26.0. The Labute approximate surface area is 253 Å². The van der Waals surface area contributed by atoms with Gasteiger partial charge in [-0.2, -0.15) is 0 Å². The highest BCUT2D eigenvalue weighted by atomic mass is 16.5. The molecule has 2 atom stereocenters. The van der Waals surface area contributed by atoms with Crippen molar-refractivity contribution in [3.63, 3.8) is 0 Å². The zero-order valence-corrected chi connectivity index (χ0v) is 25.5. The summed E-state index contributed by atoms with van der Waals surface area (Å²) in [5, 5.41) is 2.26. The Kier molecular flexibility index (Phi) is 5.38. The molecule has 4 heteroatoms. The molecule has 0 saturated heterocycles. The molecule has 2 heterocycles. The Balaban J connectivity index is 1.46. The van der Waals surface area contributed by atoms with Gasteiger partial charge in [0, 0.05) is 34.5 Å². The van der Waals surface area contributed by atoms with Crippen molar-refractivity contribution in [3.05, 3.63) is 124 Å². The van der Waals surface area contributed by atoms with Gasteiger partial charge in [-0.05, 0) is 71.8 Å². The van der Waals surface area contributed by atoms with Gasteiger partial charge in [-0.1, -0.05) is 86.2 Å². The first-order valence-electron chi connectivity index (χ1n) is 15.0. The molecular formula is C39H35NO3. The number of hydrogen-bond donors (Lipinski definition) is 0. The second kappa shape index (κ2) is 8.90. The number of rotatable bonds is 3. The number of aryl methyl sites for hydroxylation is 1. The zero-order chi connectivity index (χ0) is 29.7. The summed E-state index contributed by atoms with van der Waals surface area (Å²) in [7, 11) is 3.80. The third-order valence-electron chi connectivity index (χ3n) is 9.84. The van der Waals surface area contributed by atoms with Gasteiger partial charge >= 0.3 is 0 Å². The van der Waals surface area contributed by atoms with E-state index in [1.165, 1.54) is 33.2 Å². The number of ether oxygens (including phenoxy) is 3. The molecule has 0 fully saturated rings. The van der Waals surface area contributed by atoms with E-state index in [0.29, 0.717) is 0 Å². The number of fused-ring (bicyclic) bond motifs is 9. The molecule has 0 amide bonds. The number of hydrogen-bond acceptors (Lipinski definition) is 4. The minimum Gasteiger partial charge on any atom is -0.497 e. The van der Waals surface area contributed by atoms with Crippen LogP contribution in [0, 0.1) is 6.92 Å². The Morgan fingerprint density at radius 2 is 1.56 bits per heavy atom. The maximum absolute atomic E-state index is 7.45. The van der Waals surface area contributed by atoms with Crippen LogP contribution in [0.15, 0.2) is 91.0 Å². The highest BCUT2D eigenvalue weighted by Gasteiger charge is 2.44. The van der Waals surface area contributed by atoms with E-state index in [-0.39, 0.29) is 11.6 Å². The van der Waals surface area contributed by atoms with E-state index in [4.69, 9.17) is 14.2 Å². The Morgan fingerprint density at radius 1 is 0.860 bits per heavy atom. The van der Waals surface area contributed by atoms with E-state index in [2.05, 4.69) is 125 Å². The van der Waals surface area contributed by atoms with Crippen LogP contribution in [-0.4, -0.2) is 20.4 Å². The molecule has 0 N–H and O–H groups in total. The lowest BCUT2D eigenvalue weighted by Gasteiger charge is -2.38. The van der Waals surface area contributed by atoms with Crippen molar-refractivity contribution in [3.8, 4) is 28.4 Å². The van der Waals surface area contributed by atoms with E-state index in [1.807, 2.05) is 12.1 Å². The predicted octanol–water partition coefficient (Wildman–Crippen LogP) is 8.99. The molecular weight excluding hydrogens is 530 g/mol. The lowest BCUT2D eigenvalue weighted by molar-refractivity contribution is 0.163. The SMILES string of the molecule is COc1ccc(C2(c3ccc(C)cc3)C=Cc3c4c(c5cc6c(cc5c3O2)OC(C)N6C)-c2ccccc2C4(C)C)cc1. The summed E-state index contributed by atoms with van der Waals surface area (Å²) in [4.78, 5) is 2.21. The van der Waals surface area contributed by atoms with Crippen molar-refractivity contribution in [1.82, 2.24) is 0 Å². The van der Waals surface area contributed by atoms with Gasteiger partial charge in [-0.3, -0.25) is 0 Å². The largest absolute Gasteiger partial charge is 0.497 e. The van der Waals surface area contributed by atoms with Gasteiger partial charge in [0.1, 0.15) is 17.2 Å². The van der Waals surface area contributed by atoms with Gasteiger partial charge in [-0.15, -0.1) is 0 Å². The van der Waals surface area contributed by atoms with Crippen LogP contribution in [0.1, 0.15) is 54.2 Å². The molecule has 5 aromatic carbocycles. The second-order valence-electron chi connectivity index (χ2n) is 12.6. The summed E-state index contributed by atoms with van der Waals surface area (Å²) in [6.07, 6.45) is 4.51. The monoisotopic (exact) mass is 565 g/mol. The van der Waals surface area contributed by atoms with Gasteiger partial charge < -0.3 is 19.1 Å². The van der Waals surface area contributed by atoms with Crippen molar-refractivity contribution in [2.75, 3.05) is 19.1 Å². The van der Waals surface area contributed by atoms with Crippen molar-refractivity contribution in [1.29, 1.82) is 0 Å². The van der Waals surface area contributed by atoms with Gasteiger partial charge in [0.05, 0.1) is 12.8 Å². The van der Waals surface area contributed by atoms with Crippen LogP contribution in [0.2, 0.25) is 0 Å². The Hall–Kier alpha value is -4.70. The van der Waals surface area contributed by atoms with Crippen LogP contribution in [0.3, 0.4) is 0 Å². The molecule has 0 radical (unpaired) electrons. The summed E-state index contributed by atoms with van der Waals surface area (Å²) in [6, 6.07) is 30.3. The van der Waals surface area contributed by atoms with Crippen LogP contribution in [0.5, 0.6) is 17.2 Å². The number of anilines is 1. The maximum atomic E-state index is 7.45. The molecule has 5 aromatic rings. The number of benzene rings is 5. The average molecular weight is 566 g/mol. The normalized spacial score (nSPS) is 20.6. The van der Waals surface area contributed by atoms with Crippen LogP contribution < -0.4 is 19.1 Å². The predicted molar refractivity (Wildman–Crippen MR) is 175 cm³/mol. The average Bonchev–Trinajstić information content (AvgIpc) is 3.44. The summed E-state index contributed by atoms with van der Waals surface area (Å²) in [5.41, 5.74) is 9.80. The molecule has 2 aliphatic heterocycles. The Bertz CT molecular complexity index is 1970. The summed E-state index contributed by atoms with van der Waals surface area (Å²) in [5.74, 6) is 2.59. The molecule has 0 saturated carbocycles. The summed E-state index contributed by atoms with van der Waals surface area (Å²) < 4.78 is 19.3. The van der Waals surface area contributed by atoms with Crippen molar-refractivity contribution in [2.24, 2.45) is 0 Å². The molecule has 0 spiro atoms. The molecule has 4 nitrogen and oxygen atoms in total. The third kappa shape index (κ3) is 3.50. The van der Waals surface area contributed by atoms with Crippen LogP contribution in [0.4, 0.5) is 5.69 Å². The van der Waals surface area contributed by atoms with Crippen molar-refractivity contribution >= 4 is 22.5 Å². The van der Waals surface area contributed by atoms with E-state index in [0.717, 1.165) is 45.0 Å².